The molecular formula is C43H35N3O6. The second kappa shape index (κ2) is 14.0. The molecule has 9 nitrogen and oxygen atoms in total. The first-order valence-electron chi connectivity index (χ1n) is 17.4. The third-order valence-corrected chi connectivity index (χ3v) is 9.67. The van der Waals surface area contributed by atoms with Gasteiger partial charge in [0.15, 0.2) is 0 Å². The zero-order chi connectivity index (χ0) is 35.6. The Hall–Kier alpha value is -6.48. The summed E-state index contributed by atoms with van der Waals surface area (Å²) in [5.74, 6) is -0.962. The number of hydrogen-bond acceptors (Lipinski definition) is 7. The SMILES string of the molecule is O=C(ON1C(=O)CCC1=O)C1CCN(C(=O)c2ccccc2C2=c3cc/c(=C\c4ccccc4)cc3Oc3cc(Nc4ccccc4)ccc32)CC1. The van der Waals surface area contributed by atoms with Crippen LogP contribution in [0.2, 0.25) is 0 Å². The van der Waals surface area contributed by atoms with Crippen LogP contribution in [0.15, 0.2) is 121 Å². The molecule has 1 N–H and O–H groups in total. The lowest BCUT2D eigenvalue weighted by Gasteiger charge is -2.32. The highest BCUT2D eigenvalue weighted by Crippen LogP contribution is 2.39. The van der Waals surface area contributed by atoms with Crippen molar-refractivity contribution in [3.8, 4) is 11.5 Å². The van der Waals surface area contributed by atoms with Gasteiger partial charge in [0.25, 0.3) is 17.7 Å². The summed E-state index contributed by atoms with van der Waals surface area (Å²) in [6.45, 7) is 0.654. The van der Waals surface area contributed by atoms with Gasteiger partial charge in [0, 0.05) is 65.3 Å². The van der Waals surface area contributed by atoms with E-state index in [1.807, 2.05) is 103 Å². The van der Waals surface area contributed by atoms with Crippen molar-refractivity contribution >= 4 is 46.7 Å². The van der Waals surface area contributed by atoms with Gasteiger partial charge >= 0.3 is 5.97 Å². The number of ether oxygens (including phenoxy) is 1. The van der Waals surface area contributed by atoms with E-state index in [1.165, 1.54) is 0 Å². The first kappa shape index (κ1) is 32.7. The highest BCUT2D eigenvalue weighted by atomic mass is 16.7. The van der Waals surface area contributed by atoms with Gasteiger partial charge in [0.2, 0.25) is 0 Å². The molecule has 0 radical (unpaired) electrons. The summed E-state index contributed by atoms with van der Waals surface area (Å²) in [5, 5.41) is 5.90. The largest absolute Gasteiger partial charge is 0.456 e. The third kappa shape index (κ3) is 6.56. The fourth-order valence-electron chi connectivity index (χ4n) is 6.99. The van der Waals surface area contributed by atoms with Crippen molar-refractivity contribution in [3.63, 3.8) is 0 Å². The number of hydrogen-bond donors (Lipinski definition) is 1. The van der Waals surface area contributed by atoms with Crippen LogP contribution < -0.4 is 20.5 Å². The van der Waals surface area contributed by atoms with Gasteiger partial charge in [-0.25, -0.2) is 4.79 Å². The lowest BCUT2D eigenvalue weighted by atomic mass is 9.88. The highest BCUT2D eigenvalue weighted by molar-refractivity contribution is 6.03. The Morgan fingerprint density at radius 1 is 0.712 bits per heavy atom. The number of carbonyl (C=O) groups excluding carboxylic acids is 4. The lowest BCUT2D eigenvalue weighted by Crippen LogP contribution is -2.42. The number of likely N-dealkylation sites (tertiary alicyclic amines) is 1. The number of piperidine rings is 1. The van der Waals surface area contributed by atoms with Crippen molar-refractivity contribution in [3.05, 3.63) is 154 Å². The normalized spacial score (nSPS) is 15.9. The Morgan fingerprint density at radius 3 is 2.15 bits per heavy atom. The maximum Gasteiger partial charge on any atom is 0.336 e. The number of carbonyl (C=O) groups is 4. The smallest absolute Gasteiger partial charge is 0.336 e. The Morgan fingerprint density at radius 2 is 1.40 bits per heavy atom. The summed E-state index contributed by atoms with van der Waals surface area (Å²) >= 11 is 0. The standard InChI is InChI=1S/C43H35N3O6/c47-39-19-20-40(48)46(39)52-43(50)30-21-23-45(24-22-30)42(49)34-14-8-7-13-33(34)41-35-17-15-29(25-28-9-3-1-4-10-28)26-37(35)51-38-27-32(16-18-36(38)41)44-31-11-5-2-6-12-31/h1-18,25-27,30,44H,19-24H2/b29-25+. The van der Waals surface area contributed by atoms with Crippen molar-refractivity contribution in [2.75, 3.05) is 18.4 Å². The number of hydroxylamine groups is 2. The van der Waals surface area contributed by atoms with Crippen molar-refractivity contribution in [2.45, 2.75) is 25.7 Å². The molecule has 9 heteroatoms. The molecule has 0 aliphatic carbocycles. The topological polar surface area (TPSA) is 105 Å². The van der Waals surface area contributed by atoms with Crippen LogP contribution >= 0.6 is 0 Å². The monoisotopic (exact) mass is 689 g/mol. The quantitative estimate of drug-likeness (QED) is 0.203. The zero-order valence-corrected chi connectivity index (χ0v) is 28.3. The van der Waals surface area contributed by atoms with Gasteiger partial charge in [0.1, 0.15) is 11.5 Å². The molecule has 0 bridgehead atoms. The van der Waals surface area contributed by atoms with Gasteiger partial charge in [-0.3, -0.25) is 14.4 Å². The lowest BCUT2D eigenvalue weighted by molar-refractivity contribution is -0.201. The van der Waals surface area contributed by atoms with Gasteiger partial charge in [-0.1, -0.05) is 72.8 Å². The minimum Gasteiger partial charge on any atom is -0.456 e. The molecule has 5 aromatic carbocycles. The van der Waals surface area contributed by atoms with E-state index in [4.69, 9.17) is 9.57 Å². The molecule has 5 aromatic rings. The molecule has 0 spiro atoms. The Labute approximate surface area is 300 Å². The fourth-order valence-corrected chi connectivity index (χ4v) is 6.99. The molecule has 3 heterocycles. The molecule has 2 fully saturated rings. The number of nitrogens with one attached hydrogen (secondary N) is 1. The van der Waals surface area contributed by atoms with Crippen LogP contribution in [0.4, 0.5) is 11.4 Å². The summed E-state index contributed by atoms with van der Waals surface area (Å²) in [6, 6.07) is 39.8. The summed E-state index contributed by atoms with van der Waals surface area (Å²) in [6.07, 6.45) is 2.90. The number of nitrogens with zero attached hydrogens (tertiary/aromatic N) is 2. The Balaban J connectivity index is 1.13. The molecule has 0 aromatic heterocycles. The van der Waals surface area contributed by atoms with E-state index in [2.05, 4.69) is 29.6 Å². The van der Waals surface area contributed by atoms with Crippen LogP contribution in [-0.2, 0) is 19.2 Å². The minimum atomic E-state index is -0.618. The van der Waals surface area contributed by atoms with Crippen LogP contribution in [0, 0.1) is 5.92 Å². The fraction of sp³-hybridized carbons (Fsp3) is 0.163. The molecular weight excluding hydrogens is 654 g/mol. The second-order valence-corrected chi connectivity index (χ2v) is 13.1. The average Bonchev–Trinajstić information content (AvgIpc) is 3.49. The summed E-state index contributed by atoms with van der Waals surface area (Å²) in [4.78, 5) is 58.0. The van der Waals surface area contributed by atoms with Crippen molar-refractivity contribution in [1.82, 2.24) is 9.96 Å². The molecule has 0 saturated carbocycles. The van der Waals surface area contributed by atoms with Gasteiger partial charge in [-0.15, -0.1) is 5.06 Å². The number of benzene rings is 5. The maximum atomic E-state index is 14.3. The number of fused-ring (bicyclic) bond motifs is 2. The number of anilines is 2. The first-order valence-corrected chi connectivity index (χ1v) is 17.4. The molecule has 0 unspecified atom stereocenters. The highest BCUT2D eigenvalue weighted by Gasteiger charge is 2.37. The van der Waals surface area contributed by atoms with Crippen molar-refractivity contribution in [1.29, 1.82) is 0 Å². The molecule has 0 atom stereocenters. The molecule has 2 saturated heterocycles. The van der Waals surface area contributed by atoms with E-state index in [1.54, 1.807) is 4.90 Å². The number of para-hydroxylation sites is 1. The first-order chi connectivity index (χ1) is 25.4. The van der Waals surface area contributed by atoms with Gasteiger partial charge in [-0.2, -0.15) is 0 Å². The van der Waals surface area contributed by atoms with E-state index in [0.717, 1.165) is 44.1 Å². The van der Waals surface area contributed by atoms with E-state index in [9.17, 15) is 19.2 Å². The minimum absolute atomic E-state index is 0.0393. The van der Waals surface area contributed by atoms with Gasteiger partial charge in [0.05, 0.1) is 5.92 Å². The number of imide groups is 1. The molecule has 8 rings (SSSR count). The van der Waals surface area contributed by atoms with Crippen LogP contribution in [-0.4, -0.2) is 46.7 Å². The second-order valence-electron chi connectivity index (χ2n) is 13.1. The maximum absolute atomic E-state index is 14.3. The van der Waals surface area contributed by atoms with E-state index in [0.29, 0.717) is 48.1 Å². The Kier molecular flexibility index (Phi) is 8.83. The summed E-state index contributed by atoms with van der Waals surface area (Å²) < 4.78 is 6.63. The number of amides is 3. The molecule has 258 valence electrons. The van der Waals surface area contributed by atoms with Gasteiger partial charge in [-0.05, 0) is 77.7 Å². The predicted octanol–water partition coefficient (Wildman–Crippen LogP) is 6.07. The molecule has 3 aliphatic heterocycles. The third-order valence-electron chi connectivity index (χ3n) is 9.67. The Bertz CT molecular complexity index is 2320. The van der Waals surface area contributed by atoms with Crippen LogP contribution in [0.5, 0.6) is 11.5 Å². The van der Waals surface area contributed by atoms with Crippen molar-refractivity contribution in [2.24, 2.45) is 5.92 Å². The zero-order valence-electron chi connectivity index (χ0n) is 28.3. The predicted molar refractivity (Wildman–Crippen MR) is 196 cm³/mol. The summed E-state index contributed by atoms with van der Waals surface area (Å²) in [5.41, 5.74) is 5.95. The molecule has 52 heavy (non-hydrogen) atoms. The van der Waals surface area contributed by atoms with E-state index in [-0.39, 0.29) is 18.7 Å². The summed E-state index contributed by atoms with van der Waals surface area (Å²) in [7, 11) is 0. The van der Waals surface area contributed by atoms with Crippen LogP contribution in [0.1, 0.15) is 52.7 Å². The van der Waals surface area contributed by atoms with Crippen molar-refractivity contribution < 1.29 is 28.8 Å². The molecule has 3 amide bonds. The van der Waals surface area contributed by atoms with Gasteiger partial charge < -0.3 is 19.8 Å². The van der Waals surface area contributed by atoms with Crippen LogP contribution in [0.25, 0.3) is 11.6 Å². The van der Waals surface area contributed by atoms with E-state index < -0.39 is 23.7 Å². The molecule has 3 aliphatic rings. The number of rotatable bonds is 7. The van der Waals surface area contributed by atoms with E-state index >= 15 is 0 Å². The average molecular weight is 690 g/mol. The van der Waals surface area contributed by atoms with Crippen LogP contribution in [0.3, 0.4) is 0 Å².